The molecule has 0 bridgehead atoms. The molecular formula is C14H20O2. The molecule has 0 aliphatic heterocycles. The molecule has 0 amide bonds. The van der Waals surface area contributed by atoms with Crippen molar-refractivity contribution in [1.82, 2.24) is 0 Å². The third-order valence-electron chi connectivity index (χ3n) is 2.61. The SMILES string of the molecule is OCCC/C=C/CC(CO)c1ccccc1. The third-order valence-corrected chi connectivity index (χ3v) is 2.61. The van der Waals surface area contributed by atoms with Gasteiger partial charge in [-0.3, -0.25) is 0 Å². The van der Waals surface area contributed by atoms with E-state index in [1.165, 1.54) is 5.56 Å². The summed E-state index contributed by atoms with van der Waals surface area (Å²) in [5.74, 6) is 0.187. The largest absolute Gasteiger partial charge is 0.396 e. The zero-order valence-electron chi connectivity index (χ0n) is 9.55. The van der Waals surface area contributed by atoms with Gasteiger partial charge >= 0.3 is 0 Å². The predicted octanol–water partition coefficient (Wildman–Crippen LogP) is 2.48. The Hall–Kier alpha value is -1.12. The van der Waals surface area contributed by atoms with Crippen LogP contribution in [0.5, 0.6) is 0 Å². The minimum Gasteiger partial charge on any atom is -0.396 e. The number of hydrogen-bond acceptors (Lipinski definition) is 2. The Morgan fingerprint density at radius 1 is 1.06 bits per heavy atom. The monoisotopic (exact) mass is 220 g/mol. The summed E-state index contributed by atoms with van der Waals surface area (Å²) in [6.07, 6.45) is 6.73. The fourth-order valence-electron chi connectivity index (χ4n) is 1.63. The molecule has 0 spiro atoms. The summed E-state index contributed by atoms with van der Waals surface area (Å²) in [7, 11) is 0. The average Bonchev–Trinajstić information content (AvgIpc) is 2.35. The summed E-state index contributed by atoms with van der Waals surface area (Å²) in [4.78, 5) is 0. The Balaban J connectivity index is 2.41. The number of benzene rings is 1. The highest BCUT2D eigenvalue weighted by Gasteiger charge is 2.06. The van der Waals surface area contributed by atoms with Crippen LogP contribution in [0.25, 0.3) is 0 Å². The molecule has 1 unspecified atom stereocenters. The smallest absolute Gasteiger partial charge is 0.0502 e. The van der Waals surface area contributed by atoms with E-state index in [2.05, 4.69) is 12.2 Å². The van der Waals surface area contributed by atoms with Gasteiger partial charge < -0.3 is 10.2 Å². The van der Waals surface area contributed by atoms with Gasteiger partial charge in [-0.2, -0.15) is 0 Å². The van der Waals surface area contributed by atoms with E-state index in [0.29, 0.717) is 0 Å². The minimum atomic E-state index is 0.175. The first kappa shape index (κ1) is 12.9. The van der Waals surface area contributed by atoms with Crippen molar-refractivity contribution in [2.75, 3.05) is 13.2 Å². The summed E-state index contributed by atoms with van der Waals surface area (Å²) in [5.41, 5.74) is 1.18. The van der Waals surface area contributed by atoms with Gasteiger partial charge in [0.15, 0.2) is 0 Å². The van der Waals surface area contributed by atoms with Gasteiger partial charge in [0.25, 0.3) is 0 Å². The van der Waals surface area contributed by atoms with Gasteiger partial charge in [0.05, 0.1) is 6.61 Å². The lowest BCUT2D eigenvalue weighted by Crippen LogP contribution is -2.02. The molecule has 0 aliphatic rings. The number of hydrogen-bond donors (Lipinski definition) is 2. The highest BCUT2D eigenvalue weighted by atomic mass is 16.3. The quantitative estimate of drug-likeness (QED) is 0.547. The Bertz CT molecular complexity index is 293. The Morgan fingerprint density at radius 3 is 2.44 bits per heavy atom. The van der Waals surface area contributed by atoms with Crippen LogP contribution in [0.2, 0.25) is 0 Å². The Morgan fingerprint density at radius 2 is 1.81 bits per heavy atom. The first-order valence-electron chi connectivity index (χ1n) is 5.80. The number of unbranched alkanes of at least 4 members (excludes halogenated alkanes) is 1. The molecular weight excluding hydrogens is 200 g/mol. The van der Waals surface area contributed by atoms with E-state index in [1.807, 2.05) is 30.3 Å². The van der Waals surface area contributed by atoms with Gasteiger partial charge in [-0.25, -0.2) is 0 Å². The van der Waals surface area contributed by atoms with Crippen LogP contribution in [0.4, 0.5) is 0 Å². The van der Waals surface area contributed by atoms with Crippen molar-refractivity contribution in [2.24, 2.45) is 0 Å². The molecule has 0 saturated carbocycles. The van der Waals surface area contributed by atoms with Crippen LogP contribution in [0, 0.1) is 0 Å². The zero-order chi connectivity index (χ0) is 11.6. The topological polar surface area (TPSA) is 40.5 Å². The predicted molar refractivity (Wildman–Crippen MR) is 66.3 cm³/mol. The van der Waals surface area contributed by atoms with Crippen molar-refractivity contribution >= 4 is 0 Å². The van der Waals surface area contributed by atoms with Gasteiger partial charge in [0.1, 0.15) is 0 Å². The van der Waals surface area contributed by atoms with E-state index in [-0.39, 0.29) is 19.1 Å². The average molecular weight is 220 g/mol. The van der Waals surface area contributed by atoms with E-state index in [0.717, 1.165) is 19.3 Å². The lowest BCUT2D eigenvalue weighted by molar-refractivity contribution is 0.265. The minimum absolute atomic E-state index is 0.175. The molecule has 1 aromatic rings. The first-order valence-corrected chi connectivity index (χ1v) is 5.80. The normalized spacial score (nSPS) is 13.1. The molecule has 1 atom stereocenters. The van der Waals surface area contributed by atoms with Crippen LogP contribution in [0.15, 0.2) is 42.5 Å². The van der Waals surface area contributed by atoms with Crippen molar-refractivity contribution in [3.63, 3.8) is 0 Å². The van der Waals surface area contributed by atoms with E-state index < -0.39 is 0 Å². The third kappa shape index (κ3) is 4.60. The Labute approximate surface area is 97.2 Å². The molecule has 2 nitrogen and oxygen atoms in total. The van der Waals surface area contributed by atoms with E-state index >= 15 is 0 Å². The molecule has 0 saturated heterocycles. The van der Waals surface area contributed by atoms with Gasteiger partial charge in [0.2, 0.25) is 0 Å². The number of allylic oxidation sites excluding steroid dienone is 2. The molecule has 2 heteroatoms. The summed E-state index contributed by atoms with van der Waals surface area (Å²) in [5, 5.41) is 17.9. The number of aliphatic hydroxyl groups is 2. The van der Waals surface area contributed by atoms with Crippen molar-refractivity contribution in [2.45, 2.75) is 25.2 Å². The summed E-state index contributed by atoms with van der Waals surface area (Å²) >= 11 is 0. The van der Waals surface area contributed by atoms with Crippen molar-refractivity contribution < 1.29 is 10.2 Å². The van der Waals surface area contributed by atoms with Gasteiger partial charge in [0, 0.05) is 12.5 Å². The summed E-state index contributed by atoms with van der Waals surface area (Å²) < 4.78 is 0. The summed E-state index contributed by atoms with van der Waals surface area (Å²) in [6, 6.07) is 10.1. The number of rotatable bonds is 7. The summed E-state index contributed by atoms with van der Waals surface area (Å²) in [6.45, 7) is 0.417. The molecule has 0 fully saturated rings. The maximum absolute atomic E-state index is 9.31. The number of aliphatic hydroxyl groups excluding tert-OH is 2. The maximum atomic E-state index is 9.31. The highest BCUT2D eigenvalue weighted by Crippen LogP contribution is 2.19. The molecule has 2 N–H and O–H groups in total. The second kappa shape index (κ2) is 8.08. The van der Waals surface area contributed by atoms with Crippen LogP contribution in [-0.4, -0.2) is 23.4 Å². The molecule has 16 heavy (non-hydrogen) atoms. The second-order valence-electron chi connectivity index (χ2n) is 3.86. The van der Waals surface area contributed by atoms with Crippen LogP contribution in [-0.2, 0) is 0 Å². The standard InChI is InChI=1S/C14H20O2/c15-11-7-2-1-4-10-14(12-16)13-8-5-3-6-9-13/h1,3-6,8-9,14-16H,2,7,10-12H2/b4-1+. The second-order valence-corrected chi connectivity index (χ2v) is 3.86. The molecule has 88 valence electrons. The van der Waals surface area contributed by atoms with Crippen LogP contribution in [0.3, 0.4) is 0 Å². The Kier molecular flexibility index (Phi) is 6.54. The van der Waals surface area contributed by atoms with Gasteiger partial charge in [-0.1, -0.05) is 42.5 Å². The van der Waals surface area contributed by atoms with Crippen LogP contribution in [0.1, 0.15) is 30.7 Å². The zero-order valence-corrected chi connectivity index (χ0v) is 9.55. The van der Waals surface area contributed by atoms with Crippen molar-refractivity contribution in [3.05, 3.63) is 48.0 Å². The molecule has 0 aliphatic carbocycles. The fraction of sp³-hybridized carbons (Fsp3) is 0.429. The van der Waals surface area contributed by atoms with E-state index in [9.17, 15) is 5.11 Å². The first-order chi connectivity index (χ1) is 7.88. The maximum Gasteiger partial charge on any atom is 0.0502 e. The van der Waals surface area contributed by atoms with E-state index in [1.54, 1.807) is 0 Å². The lowest BCUT2D eigenvalue weighted by Gasteiger charge is -2.11. The van der Waals surface area contributed by atoms with Crippen molar-refractivity contribution in [3.8, 4) is 0 Å². The van der Waals surface area contributed by atoms with Crippen molar-refractivity contribution in [1.29, 1.82) is 0 Å². The van der Waals surface area contributed by atoms with Crippen LogP contribution < -0.4 is 0 Å². The fourth-order valence-corrected chi connectivity index (χ4v) is 1.63. The molecule has 1 aromatic carbocycles. The van der Waals surface area contributed by atoms with Crippen LogP contribution >= 0.6 is 0 Å². The molecule has 0 heterocycles. The lowest BCUT2D eigenvalue weighted by atomic mass is 9.96. The molecule has 0 aromatic heterocycles. The molecule has 1 rings (SSSR count). The van der Waals surface area contributed by atoms with Gasteiger partial charge in [-0.15, -0.1) is 0 Å². The molecule has 0 radical (unpaired) electrons. The highest BCUT2D eigenvalue weighted by molar-refractivity contribution is 5.20. The van der Waals surface area contributed by atoms with Gasteiger partial charge in [-0.05, 0) is 24.8 Å². The van der Waals surface area contributed by atoms with E-state index in [4.69, 9.17) is 5.11 Å².